The number of halogens is 3. The SMILES string of the molecule is CCCCNC(=O)[C@@H](C)N(Cc1ccc(Cl)c(Cl)c1)C(=O)CN(c1cc(Cl)ccc1OC)S(=O)(=O)c1ccc(OC)c(OC)c1. The molecule has 0 fully saturated rings. The summed E-state index contributed by atoms with van der Waals surface area (Å²) in [5.41, 5.74) is 0.600. The molecule has 0 unspecified atom stereocenters. The lowest BCUT2D eigenvalue weighted by Gasteiger charge is -2.32. The van der Waals surface area contributed by atoms with Crippen molar-refractivity contribution in [3.05, 3.63) is 75.2 Å². The van der Waals surface area contributed by atoms with Gasteiger partial charge in [-0.2, -0.15) is 0 Å². The van der Waals surface area contributed by atoms with Crippen LogP contribution in [0.5, 0.6) is 17.2 Å². The first kappa shape index (κ1) is 36.1. The summed E-state index contributed by atoms with van der Waals surface area (Å²) in [5.74, 6) is -0.439. The number of nitrogens with one attached hydrogen (secondary N) is 1. The van der Waals surface area contributed by atoms with E-state index in [9.17, 15) is 18.0 Å². The fourth-order valence-corrected chi connectivity index (χ4v) is 6.35. The zero-order valence-corrected chi connectivity index (χ0v) is 28.7. The lowest BCUT2D eigenvalue weighted by molar-refractivity contribution is -0.139. The number of amides is 2. The van der Waals surface area contributed by atoms with Crippen LogP contribution in [-0.2, 0) is 26.2 Å². The molecule has 0 bridgehead atoms. The second-order valence-electron chi connectivity index (χ2n) is 9.94. The van der Waals surface area contributed by atoms with Gasteiger partial charge in [0, 0.05) is 24.2 Å². The third kappa shape index (κ3) is 8.88. The lowest BCUT2D eigenvalue weighted by atomic mass is 10.1. The fourth-order valence-electron chi connectivity index (χ4n) is 4.43. The molecular formula is C31H36Cl3N3O7S. The maximum atomic E-state index is 14.3. The predicted molar refractivity (Wildman–Crippen MR) is 176 cm³/mol. The van der Waals surface area contributed by atoms with Gasteiger partial charge in [0.25, 0.3) is 10.0 Å². The van der Waals surface area contributed by atoms with Crippen LogP contribution in [0.1, 0.15) is 32.3 Å². The Morgan fingerprint density at radius 3 is 2.16 bits per heavy atom. The van der Waals surface area contributed by atoms with E-state index >= 15 is 0 Å². The molecule has 0 spiro atoms. The molecule has 0 aliphatic rings. The number of carbonyl (C=O) groups excluding carboxylic acids is 2. The van der Waals surface area contributed by atoms with Gasteiger partial charge in [0.1, 0.15) is 18.3 Å². The molecule has 45 heavy (non-hydrogen) atoms. The number of sulfonamides is 1. The first-order chi connectivity index (χ1) is 21.4. The Morgan fingerprint density at radius 2 is 1.53 bits per heavy atom. The summed E-state index contributed by atoms with van der Waals surface area (Å²) in [5, 5.41) is 3.64. The summed E-state index contributed by atoms with van der Waals surface area (Å²) in [6.07, 6.45) is 1.62. The van der Waals surface area contributed by atoms with Crippen LogP contribution in [-0.4, -0.2) is 65.6 Å². The molecule has 1 N–H and O–H groups in total. The highest BCUT2D eigenvalue weighted by Crippen LogP contribution is 2.37. The van der Waals surface area contributed by atoms with Crippen LogP contribution in [0.15, 0.2) is 59.5 Å². The molecule has 0 radical (unpaired) electrons. The number of unbranched alkanes of at least 4 members (excludes halogenated alkanes) is 1. The summed E-state index contributed by atoms with van der Waals surface area (Å²) in [4.78, 5) is 28.5. The minimum atomic E-state index is -4.47. The zero-order chi connectivity index (χ0) is 33.3. The number of anilines is 1. The summed E-state index contributed by atoms with van der Waals surface area (Å²) in [6.45, 7) is 3.22. The van der Waals surface area contributed by atoms with E-state index in [2.05, 4.69) is 5.32 Å². The van der Waals surface area contributed by atoms with E-state index in [0.29, 0.717) is 22.9 Å². The Labute approximate surface area is 279 Å². The number of carbonyl (C=O) groups is 2. The number of nitrogens with zero attached hydrogens (tertiary/aromatic N) is 2. The van der Waals surface area contributed by atoms with E-state index in [0.717, 1.165) is 17.1 Å². The van der Waals surface area contributed by atoms with Crippen LogP contribution in [0, 0.1) is 0 Å². The quantitative estimate of drug-likeness (QED) is 0.188. The van der Waals surface area contributed by atoms with Crippen molar-refractivity contribution >= 4 is 62.3 Å². The maximum absolute atomic E-state index is 14.3. The first-order valence-corrected chi connectivity index (χ1v) is 16.5. The summed E-state index contributed by atoms with van der Waals surface area (Å²) >= 11 is 18.6. The Kier molecular flexibility index (Phi) is 13.0. The van der Waals surface area contributed by atoms with Crippen LogP contribution in [0.3, 0.4) is 0 Å². The van der Waals surface area contributed by atoms with Crippen LogP contribution in [0.25, 0.3) is 0 Å². The van der Waals surface area contributed by atoms with E-state index in [1.54, 1.807) is 25.1 Å². The normalized spacial score (nSPS) is 11.8. The average molecular weight is 701 g/mol. The van der Waals surface area contributed by atoms with Gasteiger partial charge in [-0.05, 0) is 61.4 Å². The van der Waals surface area contributed by atoms with Crippen LogP contribution < -0.4 is 23.8 Å². The first-order valence-electron chi connectivity index (χ1n) is 14.0. The molecule has 3 aromatic rings. The van der Waals surface area contributed by atoms with Gasteiger partial charge in [0.15, 0.2) is 11.5 Å². The van der Waals surface area contributed by atoms with Gasteiger partial charge < -0.3 is 24.4 Å². The van der Waals surface area contributed by atoms with Crippen LogP contribution in [0.2, 0.25) is 15.1 Å². The Bertz CT molecular complexity index is 1620. The fraction of sp³-hybridized carbons (Fsp3) is 0.355. The topological polar surface area (TPSA) is 114 Å². The highest BCUT2D eigenvalue weighted by Gasteiger charge is 2.34. The van der Waals surface area contributed by atoms with Gasteiger partial charge in [0.2, 0.25) is 11.8 Å². The maximum Gasteiger partial charge on any atom is 0.265 e. The molecule has 1 atom stereocenters. The van der Waals surface area contributed by atoms with Crippen LogP contribution >= 0.6 is 34.8 Å². The molecule has 0 saturated carbocycles. The van der Waals surface area contributed by atoms with Crippen molar-refractivity contribution < 1.29 is 32.2 Å². The summed E-state index contributed by atoms with van der Waals surface area (Å²) in [6, 6.07) is 12.4. The third-order valence-electron chi connectivity index (χ3n) is 6.97. The van der Waals surface area contributed by atoms with Crippen molar-refractivity contribution in [2.75, 3.05) is 38.7 Å². The molecule has 0 heterocycles. The molecule has 14 heteroatoms. The van der Waals surface area contributed by atoms with Crippen molar-refractivity contribution in [3.63, 3.8) is 0 Å². The van der Waals surface area contributed by atoms with E-state index in [1.165, 1.54) is 62.6 Å². The Balaban J connectivity index is 2.13. The molecule has 2 amide bonds. The molecule has 10 nitrogen and oxygen atoms in total. The number of hydrogen-bond donors (Lipinski definition) is 1. The van der Waals surface area contributed by atoms with Gasteiger partial charge in [-0.1, -0.05) is 54.2 Å². The Morgan fingerprint density at radius 1 is 0.867 bits per heavy atom. The molecule has 3 rings (SSSR count). The summed E-state index contributed by atoms with van der Waals surface area (Å²) in [7, 11) is -0.291. The third-order valence-corrected chi connectivity index (χ3v) is 9.70. The predicted octanol–water partition coefficient (Wildman–Crippen LogP) is 6.20. The second-order valence-corrected chi connectivity index (χ2v) is 13.0. The van der Waals surface area contributed by atoms with E-state index in [-0.39, 0.29) is 38.7 Å². The molecule has 3 aromatic carbocycles. The molecule has 244 valence electrons. The van der Waals surface area contributed by atoms with E-state index < -0.39 is 34.4 Å². The minimum Gasteiger partial charge on any atom is -0.495 e. The van der Waals surface area contributed by atoms with Gasteiger partial charge in [-0.25, -0.2) is 8.42 Å². The molecule has 0 aromatic heterocycles. The van der Waals surface area contributed by atoms with Gasteiger partial charge in [-0.3, -0.25) is 13.9 Å². The second kappa shape index (κ2) is 16.3. The number of methoxy groups -OCH3 is 3. The number of hydrogen-bond acceptors (Lipinski definition) is 7. The van der Waals surface area contributed by atoms with E-state index in [1.807, 2.05) is 6.92 Å². The van der Waals surface area contributed by atoms with Gasteiger partial charge in [-0.15, -0.1) is 0 Å². The average Bonchev–Trinajstić information content (AvgIpc) is 3.03. The molecule has 0 aliphatic carbocycles. The van der Waals surface area contributed by atoms with Crippen LogP contribution in [0.4, 0.5) is 5.69 Å². The summed E-state index contributed by atoms with van der Waals surface area (Å²) < 4.78 is 45.6. The zero-order valence-electron chi connectivity index (χ0n) is 25.6. The van der Waals surface area contributed by atoms with Crippen molar-refractivity contribution in [2.24, 2.45) is 0 Å². The van der Waals surface area contributed by atoms with Crippen molar-refractivity contribution in [2.45, 2.75) is 44.2 Å². The smallest absolute Gasteiger partial charge is 0.265 e. The largest absolute Gasteiger partial charge is 0.495 e. The Hall–Kier alpha value is -3.38. The van der Waals surface area contributed by atoms with Gasteiger partial charge in [0.05, 0.1) is 42.0 Å². The highest BCUT2D eigenvalue weighted by atomic mass is 35.5. The van der Waals surface area contributed by atoms with Crippen molar-refractivity contribution in [1.29, 1.82) is 0 Å². The number of benzene rings is 3. The standard InChI is InChI=1S/C31H36Cl3N3O7S/c1-6-7-14-35-31(39)20(2)36(18-21-8-11-24(33)25(34)15-21)30(38)19-37(26-16-22(32)9-12-27(26)42-3)45(40,41)23-10-13-28(43-4)29(17-23)44-5/h8-13,15-17,20H,6-7,14,18-19H2,1-5H3,(H,35,39)/t20-/m1/s1. The minimum absolute atomic E-state index is 0.0164. The lowest BCUT2D eigenvalue weighted by Crippen LogP contribution is -2.51. The molecule has 0 saturated heterocycles. The van der Waals surface area contributed by atoms with Gasteiger partial charge >= 0.3 is 0 Å². The monoisotopic (exact) mass is 699 g/mol. The highest BCUT2D eigenvalue weighted by molar-refractivity contribution is 7.92. The number of rotatable bonds is 15. The molecule has 0 aliphatic heterocycles. The molecular weight excluding hydrogens is 665 g/mol. The number of ether oxygens (including phenoxy) is 3. The van der Waals surface area contributed by atoms with Crippen molar-refractivity contribution in [3.8, 4) is 17.2 Å². The van der Waals surface area contributed by atoms with Crippen molar-refractivity contribution in [1.82, 2.24) is 10.2 Å². The van der Waals surface area contributed by atoms with E-state index in [4.69, 9.17) is 49.0 Å².